The number of esters is 2. The summed E-state index contributed by atoms with van der Waals surface area (Å²) in [5.41, 5.74) is 7.17. The average Bonchev–Trinajstić information content (AvgIpc) is 4.10. The van der Waals surface area contributed by atoms with Crippen LogP contribution < -0.4 is 21.3 Å². The van der Waals surface area contributed by atoms with E-state index >= 15 is 0 Å². The van der Waals surface area contributed by atoms with Crippen LogP contribution in [-0.4, -0.2) is 108 Å². The van der Waals surface area contributed by atoms with E-state index < -0.39 is 60.4 Å². The number of imide groups is 2. The van der Waals surface area contributed by atoms with Gasteiger partial charge < -0.3 is 30.1 Å². The Labute approximate surface area is 393 Å². The Morgan fingerprint density at radius 2 is 0.941 bits per heavy atom. The molecule has 68 heavy (non-hydrogen) atoms. The van der Waals surface area contributed by atoms with E-state index in [-0.39, 0.29) is 23.7 Å². The van der Waals surface area contributed by atoms with E-state index in [1.54, 1.807) is 38.0 Å². The number of H-pyrrole nitrogens is 2. The lowest BCUT2D eigenvalue weighted by Gasteiger charge is -2.29. The molecule has 2 aliphatic rings. The number of amides is 6. The SMILES string of the molecule is CC(c1ccccc1)C(c1ccc2[nH]cc(CC(OC(=O)/C=C\C(=O)OC(Cc3c[nH]c4ccc(C(C5NC(=O)NC5=O)C(C)c5ccccc5)cc34)N(C)C)N(C)C)c2c1)C1NC(=O)NC1=O. The van der Waals surface area contributed by atoms with Crippen molar-refractivity contribution < 1.29 is 38.2 Å². The first kappa shape index (κ1) is 47.0. The van der Waals surface area contributed by atoms with Crippen LogP contribution in [0.25, 0.3) is 21.8 Å². The number of fused-ring (bicyclic) bond motifs is 2. The monoisotopic (exact) mass is 920 g/mol. The number of likely N-dealkylation sites (N-methyl/N-ethyl adjacent to an activating group) is 2. The molecule has 352 valence electrons. The molecule has 2 aliphatic heterocycles. The Hall–Kier alpha value is -7.56. The minimum atomic E-state index is -0.783. The molecule has 2 aromatic heterocycles. The van der Waals surface area contributed by atoms with E-state index in [1.165, 1.54) is 0 Å². The van der Waals surface area contributed by atoms with E-state index in [2.05, 4.69) is 31.2 Å². The molecule has 16 nitrogen and oxygen atoms in total. The quantitative estimate of drug-likeness (QED) is 0.0255. The highest BCUT2D eigenvalue weighted by atomic mass is 16.6. The van der Waals surface area contributed by atoms with E-state index in [9.17, 15) is 28.8 Å². The molecule has 6 N–H and O–H groups in total. The van der Waals surface area contributed by atoms with Crippen molar-refractivity contribution in [1.82, 2.24) is 41.0 Å². The predicted molar refractivity (Wildman–Crippen MR) is 256 cm³/mol. The van der Waals surface area contributed by atoms with Crippen LogP contribution in [0, 0.1) is 0 Å². The summed E-state index contributed by atoms with van der Waals surface area (Å²) < 4.78 is 11.8. The zero-order valence-electron chi connectivity index (χ0n) is 38.7. The van der Waals surface area contributed by atoms with Gasteiger partial charge in [0.05, 0.1) is 0 Å². The third-order valence-electron chi connectivity index (χ3n) is 13.2. The first-order chi connectivity index (χ1) is 32.6. The summed E-state index contributed by atoms with van der Waals surface area (Å²) in [6.45, 7) is 4.08. The molecule has 6 aromatic rings. The Morgan fingerprint density at radius 1 is 0.559 bits per heavy atom. The second-order valence-electron chi connectivity index (χ2n) is 18.0. The Morgan fingerprint density at radius 3 is 1.28 bits per heavy atom. The molecule has 8 rings (SSSR count). The molecular formula is C52H56N8O8. The number of benzene rings is 4. The molecule has 4 aromatic carbocycles. The first-order valence-electron chi connectivity index (χ1n) is 22.6. The normalized spacial score (nSPS) is 18.8. The van der Waals surface area contributed by atoms with Gasteiger partial charge in [0.25, 0.3) is 11.8 Å². The van der Waals surface area contributed by atoms with E-state index in [0.717, 1.165) is 67.3 Å². The maximum Gasteiger partial charge on any atom is 0.332 e. The second kappa shape index (κ2) is 20.1. The van der Waals surface area contributed by atoms with Gasteiger partial charge in [-0.1, -0.05) is 86.6 Å². The number of urea groups is 2. The topological polar surface area (TPSA) is 207 Å². The standard InChI is InChI=1S/C52H56N8O8/c1-29(31-13-9-7-10-14-31)45(47-49(63)57-51(65)55-47)33-17-19-39-37(23-33)35(27-53-39)25-41(59(3)4)67-43(61)21-22-44(62)68-42(60(5)6)26-36-28-54-40-20-18-34(24-38(36)40)46(48-50(64)58-52(66)56-48)30(2)32-15-11-8-12-16-32/h7-24,27-30,41-42,45-48,53-54H,25-26H2,1-6H3,(H2,55,57,63,65)(H2,56,58,64,66)/b22-21-. The number of carbonyl (C=O) groups excluding carboxylic acids is 6. The van der Waals surface area contributed by atoms with Crippen LogP contribution in [0.3, 0.4) is 0 Å². The summed E-state index contributed by atoms with van der Waals surface area (Å²) in [4.78, 5) is 87.4. The van der Waals surface area contributed by atoms with Crippen LogP contribution in [0.4, 0.5) is 9.59 Å². The number of carbonyl (C=O) groups is 6. The van der Waals surface area contributed by atoms with Crippen molar-refractivity contribution >= 4 is 57.6 Å². The average molecular weight is 921 g/mol. The van der Waals surface area contributed by atoms with Gasteiger partial charge in [0.2, 0.25) is 0 Å². The third kappa shape index (κ3) is 10.2. The zero-order chi connectivity index (χ0) is 48.2. The minimum absolute atomic E-state index is 0.137. The summed E-state index contributed by atoms with van der Waals surface area (Å²) in [5.74, 6) is -3.30. The Balaban J connectivity index is 0.950. The van der Waals surface area contributed by atoms with Gasteiger partial charge in [-0.15, -0.1) is 0 Å². The maximum absolute atomic E-state index is 13.3. The lowest BCUT2D eigenvalue weighted by molar-refractivity contribution is -0.153. The minimum Gasteiger partial charge on any atom is -0.443 e. The van der Waals surface area contributed by atoms with Crippen LogP contribution in [0.1, 0.15) is 70.9 Å². The van der Waals surface area contributed by atoms with Crippen LogP contribution in [0.2, 0.25) is 0 Å². The van der Waals surface area contributed by atoms with Gasteiger partial charge in [-0.2, -0.15) is 0 Å². The molecule has 0 spiro atoms. The van der Waals surface area contributed by atoms with Crippen LogP contribution in [-0.2, 0) is 41.5 Å². The number of rotatable bonds is 18. The highest BCUT2D eigenvalue weighted by molar-refractivity contribution is 6.05. The molecule has 6 amide bonds. The van der Waals surface area contributed by atoms with Crippen molar-refractivity contribution in [1.29, 1.82) is 0 Å². The number of ether oxygens (including phenoxy) is 2. The molecule has 16 heteroatoms. The summed E-state index contributed by atoms with van der Waals surface area (Å²) in [6.07, 6.45) is 4.98. The number of hydrogen-bond donors (Lipinski definition) is 6. The van der Waals surface area contributed by atoms with E-state index in [1.807, 2.05) is 123 Å². The highest BCUT2D eigenvalue weighted by Crippen LogP contribution is 2.40. The van der Waals surface area contributed by atoms with Crippen molar-refractivity contribution in [3.05, 3.63) is 155 Å². The largest absolute Gasteiger partial charge is 0.443 e. The van der Waals surface area contributed by atoms with Gasteiger partial charge in [0.1, 0.15) is 12.1 Å². The third-order valence-corrected chi connectivity index (χ3v) is 13.2. The van der Waals surface area contributed by atoms with Gasteiger partial charge >= 0.3 is 24.0 Å². The molecule has 2 fully saturated rings. The molecular weight excluding hydrogens is 865 g/mol. The smallest absolute Gasteiger partial charge is 0.332 e. The van der Waals surface area contributed by atoms with Gasteiger partial charge in [-0.25, -0.2) is 19.2 Å². The second-order valence-corrected chi connectivity index (χ2v) is 18.0. The lowest BCUT2D eigenvalue weighted by atomic mass is 9.77. The van der Waals surface area contributed by atoms with Gasteiger partial charge in [-0.3, -0.25) is 30.0 Å². The number of aromatic nitrogens is 2. The fourth-order valence-corrected chi connectivity index (χ4v) is 9.50. The Bertz CT molecular complexity index is 2680. The number of nitrogens with one attached hydrogen (secondary N) is 6. The van der Waals surface area contributed by atoms with Crippen molar-refractivity contribution in [3.63, 3.8) is 0 Å². The van der Waals surface area contributed by atoms with E-state index in [0.29, 0.717) is 12.8 Å². The lowest BCUT2D eigenvalue weighted by Crippen LogP contribution is -2.38. The molecule has 0 radical (unpaired) electrons. The maximum atomic E-state index is 13.3. The van der Waals surface area contributed by atoms with Crippen molar-refractivity contribution in [2.45, 2.75) is 74.9 Å². The van der Waals surface area contributed by atoms with Crippen molar-refractivity contribution in [2.24, 2.45) is 0 Å². The fourth-order valence-electron chi connectivity index (χ4n) is 9.50. The Kier molecular flexibility index (Phi) is 13.9. The highest BCUT2D eigenvalue weighted by Gasteiger charge is 2.42. The van der Waals surface area contributed by atoms with Gasteiger partial charge in [0.15, 0.2) is 12.5 Å². The number of nitrogens with zero attached hydrogens (tertiary/aromatic N) is 2. The molecule has 4 heterocycles. The molecule has 0 bridgehead atoms. The number of aromatic amines is 2. The van der Waals surface area contributed by atoms with Crippen LogP contribution >= 0.6 is 0 Å². The first-order valence-corrected chi connectivity index (χ1v) is 22.6. The van der Waals surface area contributed by atoms with Crippen LogP contribution in [0.15, 0.2) is 122 Å². The summed E-state index contributed by atoms with van der Waals surface area (Å²) in [7, 11) is 7.16. The summed E-state index contributed by atoms with van der Waals surface area (Å²) in [6, 6.07) is 28.9. The molecule has 8 atom stereocenters. The van der Waals surface area contributed by atoms with Crippen molar-refractivity contribution in [3.8, 4) is 0 Å². The molecule has 0 aliphatic carbocycles. The molecule has 0 saturated carbocycles. The van der Waals surface area contributed by atoms with Gasteiger partial charge in [0, 0.05) is 71.0 Å². The zero-order valence-corrected chi connectivity index (χ0v) is 38.7. The number of hydrogen-bond acceptors (Lipinski definition) is 10. The van der Waals surface area contributed by atoms with E-state index in [4.69, 9.17) is 9.47 Å². The van der Waals surface area contributed by atoms with Crippen LogP contribution in [0.5, 0.6) is 0 Å². The fraction of sp³-hybridized carbons (Fsp3) is 0.308. The molecule has 8 unspecified atom stereocenters. The van der Waals surface area contributed by atoms with Crippen molar-refractivity contribution in [2.75, 3.05) is 28.2 Å². The predicted octanol–water partition coefficient (Wildman–Crippen LogP) is 6.04. The summed E-state index contributed by atoms with van der Waals surface area (Å²) in [5, 5.41) is 12.1. The van der Waals surface area contributed by atoms with Gasteiger partial charge in [-0.05, 0) is 97.7 Å². The summed E-state index contributed by atoms with van der Waals surface area (Å²) >= 11 is 0. The molecule has 2 saturated heterocycles.